The van der Waals surface area contributed by atoms with Gasteiger partial charge in [0.15, 0.2) is 6.10 Å². The van der Waals surface area contributed by atoms with Crippen molar-refractivity contribution >= 4 is 33.4 Å². The molecule has 0 aliphatic heterocycles. The fourth-order valence-electron chi connectivity index (χ4n) is 1.95. The molecule has 5 heteroatoms. The van der Waals surface area contributed by atoms with Gasteiger partial charge in [-0.15, -0.1) is 0 Å². The zero-order valence-electron chi connectivity index (χ0n) is 12.3. The van der Waals surface area contributed by atoms with Crippen molar-refractivity contribution in [2.75, 3.05) is 0 Å². The highest BCUT2D eigenvalue weighted by atomic mass is 79.9. The number of hydrogen-bond donors (Lipinski definition) is 1. The molecule has 1 N–H and O–H groups in total. The lowest BCUT2D eigenvalue weighted by Gasteiger charge is -2.19. The molecule has 2 atom stereocenters. The predicted octanol–water partition coefficient (Wildman–Crippen LogP) is 4.75. The Labute approximate surface area is 143 Å². The largest absolute Gasteiger partial charge is 0.479 e. The molecule has 116 valence electrons. The summed E-state index contributed by atoms with van der Waals surface area (Å²) in [6.07, 6.45) is -0.627. The summed E-state index contributed by atoms with van der Waals surface area (Å²) in [6, 6.07) is 14.8. The number of ether oxygens (including phenoxy) is 1. The lowest BCUT2D eigenvalue weighted by atomic mass is 10.1. The summed E-state index contributed by atoms with van der Waals surface area (Å²) in [6.45, 7) is 3.64. The first kappa shape index (κ1) is 16.8. The standard InChI is InChI=1S/C17H17BrClNO2/c1-11(13-7-9-14(18)10-8-13)20-17(21)12(2)22-16-6-4-3-5-15(16)19/h3-12H,1-2H3,(H,20,21). The molecule has 22 heavy (non-hydrogen) atoms. The molecule has 0 fully saturated rings. The molecule has 0 saturated heterocycles. The molecule has 0 spiro atoms. The van der Waals surface area contributed by atoms with E-state index in [2.05, 4.69) is 21.2 Å². The van der Waals surface area contributed by atoms with E-state index in [-0.39, 0.29) is 11.9 Å². The summed E-state index contributed by atoms with van der Waals surface area (Å²) in [5.74, 6) is 0.318. The Morgan fingerprint density at radius 3 is 2.41 bits per heavy atom. The van der Waals surface area contributed by atoms with Crippen LogP contribution in [-0.4, -0.2) is 12.0 Å². The van der Waals surface area contributed by atoms with Gasteiger partial charge in [0, 0.05) is 4.47 Å². The molecule has 0 saturated carbocycles. The van der Waals surface area contributed by atoms with Crippen molar-refractivity contribution in [2.24, 2.45) is 0 Å². The Kier molecular flexibility index (Phi) is 5.86. The van der Waals surface area contributed by atoms with Gasteiger partial charge in [0.2, 0.25) is 0 Å². The summed E-state index contributed by atoms with van der Waals surface area (Å²) in [5, 5.41) is 3.42. The summed E-state index contributed by atoms with van der Waals surface area (Å²) in [4.78, 5) is 12.2. The highest BCUT2D eigenvalue weighted by molar-refractivity contribution is 9.10. The second kappa shape index (κ2) is 7.65. The van der Waals surface area contributed by atoms with Gasteiger partial charge in [-0.25, -0.2) is 0 Å². The fourth-order valence-corrected chi connectivity index (χ4v) is 2.39. The summed E-state index contributed by atoms with van der Waals surface area (Å²) >= 11 is 9.42. The molecule has 0 radical (unpaired) electrons. The van der Waals surface area contributed by atoms with E-state index < -0.39 is 6.10 Å². The number of benzene rings is 2. The summed E-state index contributed by atoms with van der Waals surface area (Å²) in [7, 11) is 0. The van der Waals surface area contributed by atoms with Gasteiger partial charge in [0.1, 0.15) is 5.75 Å². The van der Waals surface area contributed by atoms with Crippen molar-refractivity contribution in [2.45, 2.75) is 26.0 Å². The van der Waals surface area contributed by atoms with Crippen LogP contribution >= 0.6 is 27.5 Å². The number of amides is 1. The highest BCUT2D eigenvalue weighted by Gasteiger charge is 2.18. The van der Waals surface area contributed by atoms with Crippen LogP contribution in [0.1, 0.15) is 25.5 Å². The Morgan fingerprint density at radius 1 is 1.14 bits per heavy atom. The lowest BCUT2D eigenvalue weighted by molar-refractivity contribution is -0.127. The van der Waals surface area contributed by atoms with Gasteiger partial charge in [-0.2, -0.15) is 0 Å². The Bertz CT molecular complexity index is 645. The third-order valence-corrected chi connectivity index (χ3v) is 4.08. The van der Waals surface area contributed by atoms with E-state index in [1.54, 1.807) is 19.1 Å². The van der Waals surface area contributed by atoms with Crippen molar-refractivity contribution in [1.29, 1.82) is 0 Å². The average molecular weight is 383 g/mol. The molecule has 0 aliphatic rings. The van der Waals surface area contributed by atoms with E-state index in [1.807, 2.05) is 43.3 Å². The molecule has 0 bridgehead atoms. The van der Waals surface area contributed by atoms with Crippen LogP contribution in [0.5, 0.6) is 5.75 Å². The number of hydrogen-bond acceptors (Lipinski definition) is 2. The first-order valence-electron chi connectivity index (χ1n) is 6.94. The summed E-state index contributed by atoms with van der Waals surface area (Å²) in [5.41, 5.74) is 1.03. The topological polar surface area (TPSA) is 38.3 Å². The highest BCUT2D eigenvalue weighted by Crippen LogP contribution is 2.24. The molecule has 2 unspecified atom stereocenters. The molecule has 2 aromatic rings. The van der Waals surface area contributed by atoms with E-state index in [0.717, 1.165) is 10.0 Å². The van der Waals surface area contributed by atoms with Gasteiger partial charge >= 0.3 is 0 Å². The quantitative estimate of drug-likeness (QED) is 0.810. The Balaban J connectivity index is 1.96. The van der Waals surface area contributed by atoms with Gasteiger partial charge in [0.25, 0.3) is 5.91 Å². The maximum absolute atomic E-state index is 12.2. The minimum Gasteiger partial charge on any atom is -0.479 e. The smallest absolute Gasteiger partial charge is 0.261 e. The number of para-hydroxylation sites is 1. The van der Waals surface area contributed by atoms with Crippen LogP contribution in [0.2, 0.25) is 5.02 Å². The molecular weight excluding hydrogens is 366 g/mol. The van der Waals surface area contributed by atoms with Gasteiger partial charge in [-0.3, -0.25) is 4.79 Å². The van der Waals surface area contributed by atoms with Crippen LogP contribution < -0.4 is 10.1 Å². The Morgan fingerprint density at radius 2 is 1.77 bits per heavy atom. The van der Waals surface area contributed by atoms with E-state index in [1.165, 1.54) is 0 Å². The molecule has 0 aliphatic carbocycles. The number of carbonyl (C=O) groups is 1. The molecule has 3 nitrogen and oxygen atoms in total. The zero-order valence-corrected chi connectivity index (χ0v) is 14.7. The van der Waals surface area contributed by atoms with Crippen LogP contribution in [0.15, 0.2) is 53.0 Å². The minimum atomic E-state index is -0.627. The number of carbonyl (C=O) groups excluding carboxylic acids is 1. The molecule has 2 aromatic carbocycles. The monoisotopic (exact) mass is 381 g/mol. The predicted molar refractivity (Wildman–Crippen MR) is 92.2 cm³/mol. The SMILES string of the molecule is CC(Oc1ccccc1Cl)C(=O)NC(C)c1ccc(Br)cc1. The van der Waals surface area contributed by atoms with Gasteiger partial charge in [-0.1, -0.05) is 51.8 Å². The van der Waals surface area contributed by atoms with Gasteiger partial charge in [0.05, 0.1) is 11.1 Å². The van der Waals surface area contributed by atoms with Gasteiger partial charge < -0.3 is 10.1 Å². The second-order valence-corrected chi connectivity index (χ2v) is 6.30. The van der Waals surface area contributed by atoms with Crippen LogP contribution in [0.3, 0.4) is 0 Å². The molecule has 2 rings (SSSR count). The van der Waals surface area contributed by atoms with E-state index in [4.69, 9.17) is 16.3 Å². The van der Waals surface area contributed by atoms with Crippen LogP contribution in [0.4, 0.5) is 0 Å². The zero-order chi connectivity index (χ0) is 16.1. The molecule has 0 heterocycles. The Hall–Kier alpha value is -1.52. The number of nitrogens with one attached hydrogen (secondary N) is 1. The van der Waals surface area contributed by atoms with E-state index in [0.29, 0.717) is 10.8 Å². The van der Waals surface area contributed by atoms with Crippen LogP contribution in [0, 0.1) is 0 Å². The van der Waals surface area contributed by atoms with Crippen molar-refractivity contribution in [3.63, 3.8) is 0 Å². The maximum atomic E-state index is 12.2. The van der Waals surface area contributed by atoms with Crippen molar-refractivity contribution in [3.8, 4) is 5.75 Å². The summed E-state index contributed by atoms with van der Waals surface area (Å²) < 4.78 is 6.62. The fraction of sp³-hybridized carbons (Fsp3) is 0.235. The normalized spacial score (nSPS) is 13.3. The van der Waals surface area contributed by atoms with E-state index >= 15 is 0 Å². The lowest BCUT2D eigenvalue weighted by Crippen LogP contribution is -2.37. The van der Waals surface area contributed by atoms with Crippen LogP contribution in [0.25, 0.3) is 0 Å². The maximum Gasteiger partial charge on any atom is 0.261 e. The van der Waals surface area contributed by atoms with E-state index in [9.17, 15) is 4.79 Å². The molecular formula is C17H17BrClNO2. The van der Waals surface area contributed by atoms with Crippen molar-refractivity contribution in [1.82, 2.24) is 5.32 Å². The van der Waals surface area contributed by atoms with Gasteiger partial charge in [-0.05, 0) is 43.7 Å². The molecule has 1 amide bonds. The van der Waals surface area contributed by atoms with Crippen molar-refractivity contribution < 1.29 is 9.53 Å². The average Bonchev–Trinajstić information content (AvgIpc) is 2.50. The minimum absolute atomic E-state index is 0.0992. The number of rotatable bonds is 5. The second-order valence-electron chi connectivity index (χ2n) is 4.97. The number of halogens is 2. The molecule has 0 aromatic heterocycles. The first-order chi connectivity index (χ1) is 10.5. The van der Waals surface area contributed by atoms with Crippen LogP contribution in [-0.2, 0) is 4.79 Å². The van der Waals surface area contributed by atoms with Crippen molar-refractivity contribution in [3.05, 3.63) is 63.6 Å². The third kappa shape index (κ3) is 4.49. The first-order valence-corrected chi connectivity index (χ1v) is 8.11. The third-order valence-electron chi connectivity index (χ3n) is 3.24.